The molecule has 0 aliphatic carbocycles. The zero-order chi connectivity index (χ0) is 20.4. The number of anilines is 1. The summed E-state index contributed by atoms with van der Waals surface area (Å²) in [6.07, 6.45) is 0. The van der Waals surface area contributed by atoms with Gasteiger partial charge in [0, 0.05) is 37.3 Å². The summed E-state index contributed by atoms with van der Waals surface area (Å²) < 4.78 is 0.916. The van der Waals surface area contributed by atoms with Crippen LogP contribution in [0.4, 0.5) is 5.69 Å². The highest BCUT2D eigenvalue weighted by atomic mass is 16.4. The van der Waals surface area contributed by atoms with E-state index in [0.717, 1.165) is 10.4 Å². The number of carbonyl (C=O) groups excluding carboxylic acids is 2. The second-order valence-electron chi connectivity index (χ2n) is 6.85. The first kappa shape index (κ1) is 18.7. The van der Waals surface area contributed by atoms with Crippen molar-refractivity contribution in [2.45, 2.75) is 6.54 Å². The Morgan fingerprint density at radius 3 is 2.17 bits per heavy atom. The molecule has 1 saturated heterocycles. The van der Waals surface area contributed by atoms with E-state index >= 15 is 0 Å². The lowest BCUT2D eigenvalue weighted by atomic mass is 10.1. The van der Waals surface area contributed by atoms with Crippen molar-refractivity contribution in [1.82, 2.24) is 14.7 Å². The molecule has 8 heteroatoms. The number of aromatic nitrogens is 2. The highest BCUT2D eigenvalue weighted by molar-refractivity contribution is 6.00. The van der Waals surface area contributed by atoms with Gasteiger partial charge >= 0.3 is 0 Å². The van der Waals surface area contributed by atoms with E-state index < -0.39 is 11.5 Å². The van der Waals surface area contributed by atoms with E-state index in [1.165, 1.54) is 12.1 Å². The zero-order valence-electron chi connectivity index (χ0n) is 15.7. The van der Waals surface area contributed by atoms with Gasteiger partial charge in [-0.2, -0.15) is 5.10 Å². The molecule has 0 saturated carbocycles. The second kappa shape index (κ2) is 7.75. The van der Waals surface area contributed by atoms with Crippen LogP contribution >= 0.6 is 0 Å². The number of carboxylic acid groups (broad SMARTS) is 1. The largest absolute Gasteiger partial charge is 0.543 e. The molecular formula is C21H19N4O4-. The lowest BCUT2D eigenvalue weighted by molar-refractivity contribution is -0.255. The van der Waals surface area contributed by atoms with Crippen molar-refractivity contribution in [2.75, 3.05) is 31.1 Å². The number of rotatable bonds is 4. The molecule has 3 aromatic rings. The van der Waals surface area contributed by atoms with Crippen LogP contribution in [0.5, 0.6) is 0 Å². The minimum absolute atomic E-state index is 0.198. The second-order valence-corrected chi connectivity index (χ2v) is 6.85. The van der Waals surface area contributed by atoms with Crippen LogP contribution in [0.25, 0.3) is 10.8 Å². The minimum atomic E-state index is -1.49. The van der Waals surface area contributed by atoms with Gasteiger partial charge < -0.3 is 19.7 Å². The third kappa shape index (κ3) is 3.69. The summed E-state index contributed by atoms with van der Waals surface area (Å²) >= 11 is 0. The molecule has 0 unspecified atom stereocenters. The van der Waals surface area contributed by atoms with E-state index in [2.05, 4.69) is 10.00 Å². The number of fused-ring (bicyclic) bond motifs is 1. The number of aromatic carboxylic acids is 1. The van der Waals surface area contributed by atoms with Crippen molar-refractivity contribution in [1.29, 1.82) is 0 Å². The van der Waals surface area contributed by atoms with Gasteiger partial charge in [0.25, 0.3) is 5.56 Å². The van der Waals surface area contributed by atoms with Crippen LogP contribution in [0.2, 0.25) is 0 Å². The first-order valence-electron chi connectivity index (χ1n) is 9.33. The van der Waals surface area contributed by atoms with Gasteiger partial charge in [0.05, 0.1) is 11.4 Å². The van der Waals surface area contributed by atoms with Crippen LogP contribution in [-0.4, -0.2) is 52.7 Å². The highest BCUT2D eigenvalue weighted by Crippen LogP contribution is 2.16. The van der Waals surface area contributed by atoms with Crippen molar-refractivity contribution >= 4 is 28.3 Å². The van der Waals surface area contributed by atoms with Gasteiger partial charge in [-0.3, -0.25) is 9.59 Å². The Hall–Kier alpha value is -3.68. The Morgan fingerprint density at radius 2 is 1.52 bits per heavy atom. The third-order valence-electron chi connectivity index (χ3n) is 5.10. The summed E-state index contributed by atoms with van der Waals surface area (Å²) in [6.45, 7) is 2.09. The number of amides is 1. The lowest BCUT2D eigenvalue weighted by Crippen LogP contribution is -2.50. The topological polar surface area (TPSA) is 98.6 Å². The Balaban J connectivity index is 1.52. The third-order valence-corrected chi connectivity index (χ3v) is 5.10. The van der Waals surface area contributed by atoms with E-state index in [0.29, 0.717) is 26.2 Å². The maximum absolute atomic E-state index is 12.7. The van der Waals surface area contributed by atoms with E-state index in [1.807, 2.05) is 30.3 Å². The summed E-state index contributed by atoms with van der Waals surface area (Å²) in [5.74, 6) is -1.76. The predicted molar refractivity (Wildman–Crippen MR) is 106 cm³/mol. The van der Waals surface area contributed by atoms with Gasteiger partial charge in [0.15, 0.2) is 0 Å². The molecule has 0 spiro atoms. The molecule has 0 atom stereocenters. The minimum Gasteiger partial charge on any atom is -0.543 e. The number of hydrogen-bond acceptors (Lipinski definition) is 6. The molecule has 2 aromatic carbocycles. The number of carboxylic acids is 1. The molecule has 1 aliphatic rings. The number of nitrogens with zero attached hydrogens (tertiary/aromatic N) is 4. The van der Waals surface area contributed by atoms with Crippen molar-refractivity contribution in [3.63, 3.8) is 0 Å². The monoisotopic (exact) mass is 391 g/mol. The van der Waals surface area contributed by atoms with Gasteiger partial charge in [-0.25, -0.2) is 4.68 Å². The molecule has 1 aliphatic heterocycles. The molecule has 2 heterocycles. The average Bonchev–Trinajstić information content (AvgIpc) is 2.76. The molecule has 0 radical (unpaired) electrons. The van der Waals surface area contributed by atoms with Crippen LogP contribution in [0.3, 0.4) is 0 Å². The van der Waals surface area contributed by atoms with Crippen molar-refractivity contribution in [3.8, 4) is 0 Å². The van der Waals surface area contributed by atoms with E-state index in [1.54, 1.807) is 17.0 Å². The molecule has 8 nitrogen and oxygen atoms in total. The van der Waals surface area contributed by atoms with Crippen molar-refractivity contribution in [2.24, 2.45) is 0 Å². The van der Waals surface area contributed by atoms with Gasteiger partial charge in [0.2, 0.25) is 5.91 Å². The van der Waals surface area contributed by atoms with Crippen LogP contribution in [0, 0.1) is 0 Å². The van der Waals surface area contributed by atoms with E-state index in [4.69, 9.17) is 0 Å². The average molecular weight is 391 g/mol. The Bertz CT molecular complexity index is 1120. The maximum atomic E-state index is 12.7. The number of piperazine rings is 1. The number of carbonyl (C=O) groups is 2. The molecule has 0 N–H and O–H groups in total. The molecule has 148 valence electrons. The summed E-state index contributed by atoms with van der Waals surface area (Å²) in [5, 5.41) is 15.7. The molecule has 29 heavy (non-hydrogen) atoms. The van der Waals surface area contributed by atoms with Gasteiger partial charge in [-0.15, -0.1) is 0 Å². The van der Waals surface area contributed by atoms with Crippen molar-refractivity contribution in [3.05, 3.63) is 70.6 Å². The number of benzene rings is 2. The zero-order valence-corrected chi connectivity index (χ0v) is 15.7. The van der Waals surface area contributed by atoms with Crippen LogP contribution in [0.1, 0.15) is 10.5 Å². The smallest absolute Gasteiger partial charge is 0.275 e. The predicted octanol–water partition coefficient (Wildman–Crippen LogP) is 0.109. The fraction of sp³-hybridized carbons (Fsp3) is 0.238. The maximum Gasteiger partial charge on any atom is 0.275 e. The van der Waals surface area contributed by atoms with Crippen LogP contribution in [0.15, 0.2) is 59.4 Å². The summed E-state index contributed by atoms with van der Waals surface area (Å²) in [6, 6.07) is 16.2. The first-order chi connectivity index (χ1) is 14.0. The van der Waals surface area contributed by atoms with Crippen LogP contribution in [-0.2, 0) is 11.3 Å². The van der Waals surface area contributed by atoms with Crippen LogP contribution < -0.4 is 15.6 Å². The Kier molecular flexibility index (Phi) is 4.99. The standard InChI is InChI=1S/C21H20N4O4/c26-18(24-12-10-23(11-13-24)15-6-2-1-3-7-15)14-25-20(27)17-9-5-4-8-16(17)19(22-25)21(28)29/h1-9H,10-14H2,(H,28,29)/p-1. The molecular weight excluding hydrogens is 372 g/mol. The SMILES string of the molecule is O=C([O-])c1nn(CC(=O)N2CCN(c3ccccc3)CC2)c(=O)c2ccccc12. The molecule has 1 amide bonds. The molecule has 0 bridgehead atoms. The van der Waals surface area contributed by atoms with Crippen molar-refractivity contribution < 1.29 is 14.7 Å². The number of hydrogen-bond donors (Lipinski definition) is 0. The van der Waals surface area contributed by atoms with E-state index in [-0.39, 0.29) is 28.9 Å². The summed E-state index contributed by atoms with van der Waals surface area (Å²) in [5.41, 5.74) is 0.259. The van der Waals surface area contributed by atoms with Gasteiger partial charge in [-0.1, -0.05) is 36.4 Å². The normalized spacial score (nSPS) is 14.2. The lowest BCUT2D eigenvalue weighted by Gasteiger charge is -2.36. The first-order valence-corrected chi connectivity index (χ1v) is 9.33. The highest BCUT2D eigenvalue weighted by Gasteiger charge is 2.22. The Labute approximate surface area is 166 Å². The summed E-state index contributed by atoms with van der Waals surface area (Å²) in [7, 11) is 0. The quantitative estimate of drug-likeness (QED) is 0.626. The fourth-order valence-electron chi connectivity index (χ4n) is 3.57. The van der Waals surface area contributed by atoms with Gasteiger partial charge in [-0.05, 0) is 18.2 Å². The Morgan fingerprint density at radius 1 is 0.897 bits per heavy atom. The molecule has 4 rings (SSSR count). The van der Waals surface area contributed by atoms with E-state index in [9.17, 15) is 19.5 Å². The fourth-order valence-corrected chi connectivity index (χ4v) is 3.57. The number of para-hydroxylation sites is 1. The van der Waals surface area contributed by atoms with Gasteiger partial charge in [0.1, 0.15) is 12.2 Å². The molecule has 1 fully saturated rings. The summed E-state index contributed by atoms with van der Waals surface area (Å²) in [4.78, 5) is 40.7. The molecule has 1 aromatic heterocycles.